The fourth-order valence-corrected chi connectivity index (χ4v) is 3.26. The van der Waals surface area contributed by atoms with E-state index < -0.39 is 0 Å². The minimum Gasteiger partial charge on any atom is -0.490 e. The van der Waals surface area contributed by atoms with Gasteiger partial charge in [-0.25, -0.2) is 0 Å². The van der Waals surface area contributed by atoms with Crippen LogP contribution in [-0.2, 0) is 0 Å². The average molecular weight is 319 g/mol. The van der Waals surface area contributed by atoms with Crippen molar-refractivity contribution in [2.24, 2.45) is 11.8 Å². The Labute approximate surface area is 137 Å². The van der Waals surface area contributed by atoms with Gasteiger partial charge >= 0.3 is 0 Å². The Morgan fingerprint density at radius 3 is 2.00 bits per heavy atom. The largest absolute Gasteiger partial charge is 0.490 e. The molecule has 1 amide bonds. The lowest BCUT2D eigenvalue weighted by Gasteiger charge is -2.21. The number of hydrogen-bond donors (Lipinski definition) is 0. The Hall–Kier alpha value is -1.91. The van der Waals surface area contributed by atoms with E-state index in [0.29, 0.717) is 42.6 Å². The lowest BCUT2D eigenvalue weighted by Crippen LogP contribution is -2.30. The van der Waals surface area contributed by atoms with E-state index in [4.69, 9.17) is 14.2 Å². The van der Waals surface area contributed by atoms with Crippen LogP contribution >= 0.6 is 0 Å². The standard InChI is InChI=1S/C18H25NO4/c1-4-21-15-8-12(9-16(22-5-2)17(15)23-6-3)18(20)19-10-13-7-14(13)11-19/h8-9,13-14H,4-7,10-11H2,1-3H3. The number of fused-ring (bicyclic) bond motifs is 1. The molecule has 1 aliphatic heterocycles. The molecule has 2 fully saturated rings. The first-order valence-electron chi connectivity index (χ1n) is 8.53. The van der Waals surface area contributed by atoms with Crippen molar-refractivity contribution in [3.05, 3.63) is 17.7 Å². The van der Waals surface area contributed by atoms with E-state index in [1.54, 1.807) is 12.1 Å². The molecule has 1 aromatic carbocycles. The predicted molar refractivity (Wildman–Crippen MR) is 87.4 cm³/mol. The van der Waals surface area contributed by atoms with E-state index in [0.717, 1.165) is 24.9 Å². The molecule has 23 heavy (non-hydrogen) atoms. The molecule has 2 atom stereocenters. The van der Waals surface area contributed by atoms with Crippen LogP contribution in [0.3, 0.4) is 0 Å². The van der Waals surface area contributed by atoms with Crippen LogP contribution in [0.1, 0.15) is 37.6 Å². The minimum absolute atomic E-state index is 0.0576. The number of hydrogen-bond acceptors (Lipinski definition) is 4. The van der Waals surface area contributed by atoms with Crippen molar-refractivity contribution in [3.8, 4) is 17.2 Å². The van der Waals surface area contributed by atoms with Gasteiger partial charge < -0.3 is 19.1 Å². The van der Waals surface area contributed by atoms with Gasteiger partial charge in [0.15, 0.2) is 11.5 Å². The third-order valence-electron chi connectivity index (χ3n) is 4.42. The highest BCUT2D eigenvalue weighted by atomic mass is 16.5. The molecule has 3 rings (SSSR count). The zero-order valence-corrected chi connectivity index (χ0v) is 14.1. The lowest BCUT2D eigenvalue weighted by atomic mass is 10.1. The molecule has 0 N–H and O–H groups in total. The van der Waals surface area contributed by atoms with Crippen LogP contribution in [0.5, 0.6) is 17.2 Å². The van der Waals surface area contributed by atoms with Crippen LogP contribution in [-0.4, -0.2) is 43.7 Å². The maximum atomic E-state index is 12.8. The summed E-state index contributed by atoms with van der Waals surface area (Å²) in [5.41, 5.74) is 0.613. The van der Waals surface area contributed by atoms with Crippen molar-refractivity contribution in [3.63, 3.8) is 0 Å². The number of likely N-dealkylation sites (tertiary alicyclic amines) is 1. The Balaban J connectivity index is 1.90. The summed E-state index contributed by atoms with van der Waals surface area (Å²) < 4.78 is 17.1. The zero-order chi connectivity index (χ0) is 16.4. The van der Waals surface area contributed by atoms with E-state index in [2.05, 4.69) is 0 Å². The topological polar surface area (TPSA) is 48.0 Å². The van der Waals surface area contributed by atoms with Gasteiger partial charge in [0.05, 0.1) is 19.8 Å². The average Bonchev–Trinajstić information content (AvgIpc) is 3.15. The van der Waals surface area contributed by atoms with E-state index in [-0.39, 0.29) is 5.91 Å². The van der Waals surface area contributed by atoms with Crippen LogP contribution in [0.4, 0.5) is 0 Å². The number of piperidine rings is 1. The van der Waals surface area contributed by atoms with Crippen LogP contribution < -0.4 is 14.2 Å². The summed E-state index contributed by atoms with van der Waals surface area (Å²) in [6, 6.07) is 3.56. The maximum Gasteiger partial charge on any atom is 0.254 e. The van der Waals surface area contributed by atoms with Crippen molar-refractivity contribution in [2.45, 2.75) is 27.2 Å². The first-order valence-corrected chi connectivity index (χ1v) is 8.53. The summed E-state index contributed by atoms with van der Waals surface area (Å²) in [4.78, 5) is 14.7. The van der Waals surface area contributed by atoms with Gasteiger partial charge in [0.2, 0.25) is 5.75 Å². The second kappa shape index (κ2) is 6.69. The summed E-state index contributed by atoms with van der Waals surface area (Å²) in [5, 5.41) is 0. The highest BCUT2D eigenvalue weighted by molar-refractivity contribution is 5.96. The minimum atomic E-state index is 0.0576. The molecule has 5 heteroatoms. The van der Waals surface area contributed by atoms with Gasteiger partial charge in [-0.15, -0.1) is 0 Å². The van der Waals surface area contributed by atoms with Crippen molar-refractivity contribution in [1.29, 1.82) is 0 Å². The van der Waals surface area contributed by atoms with Gasteiger partial charge in [0.25, 0.3) is 5.91 Å². The van der Waals surface area contributed by atoms with Crippen molar-refractivity contribution >= 4 is 5.91 Å². The summed E-state index contributed by atoms with van der Waals surface area (Å²) >= 11 is 0. The number of amides is 1. The van der Waals surface area contributed by atoms with E-state index in [1.165, 1.54) is 6.42 Å². The molecule has 126 valence electrons. The fraction of sp³-hybridized carbons (Fsp3) is 0.611. The monoisotopic (exact) mass is 319 g/mol. The number of benzene rings is 1. The first kappa shape index (κ1) is 16.0. The highest BCUT2D eigenvalue weighted by Crippen LogP contribution is 2.46. The van der Waals surface area contributed by atoms with E-state index >= 15 is 0 Å². The van der Waals surface area contributed by atoms with Crippen molar-refractivity contribution in [1.82, 2.24) is 4.90 Å². The smallest absolute Gasteiger partial charge is 0.254 e. The molecule has 1 heterocycles. The fourth-order valence-electron chi connectivity index (χ4n) is 3.26. The maximum absolute atomic E-state index is 12.8. The first-order chi connectivity index (χ1) is 11.2. The number of nitrogens with zero attached hydrogens (tertiary/aromatic N) is 1. The van der Waals surface area contributed by atoms with Gasteiger partial charge in [-0.3, -0.25) is 4.79 Å². The molecule has 5 nitrogen and oxygen atoms in total. The Bertz CT molecular complexity index is 549. The molecular formula is C18H25NO4. The van der Waals surface area contributed by atoms with Crippen LogP contribution in [0.2, 0.25) is 0 Å². The van der Waals surface area contributed by atoms with E-state index in [9.17, 15) is 4.79 Å². The van der Waals surface area contributed by atoms with Crippen LogP contribution in [0.15, 0.2) is 12.1 Å². The molecule has 0 aromatic heterocycles. The lowest BCUT2D eigenvalue weighted by molar-refractivity contribution is 0.0774. The van der Waals surface area contributed by atoms with Crippen LogP contribution in [0, 0.1) is 11.8 Å². The Kier molecular flexibility index (Phi) is 4.64. The third-order valence-corrected chi connectivity index (χ3v) is 4.42. The molecule has 0 radical (unpaired) electrons. The normalized spacial score (nSPS) is 21.8. The number of ether oxygens (including phenoxy) is 3. The number of rotatable bonds is 7. The quantitative estimate of drug-likeness (QED) is 0.775. The molecular weight excluding hydrogens is 294 g/mol. The molecule has 0 spiro atoms. The molecule has 2 aliphatic rings. The van der Waals surface area contributed by atoms with Gasteiger partial charge in [-0.2, -0.15) is 0 Å². The molecule has 1 saturated carbocycles. The third kappa shape index (κ3) is 3.23. The Morgan fingerprint density at radius 1 is 1.00 bits per heavy atom. The van der Waals surface area contributed by atoms with Crippen LogP contribution in [0.25, 0.3) is 0 Å². The molecule has 0 bridgehead atoms. The Morgan fingerprint density at radius 2 is 1.52 bits per heavy atom. The van der Waals surface area contributed by atoms with Crippen molar-refractivity contribution < 1.29 is 19.0 Å². The summed E-state index contributed by atoms with van der Waals surface area (Å²) in [6.45, 7) is 9.05. The molecule has 2 unspecified atom stereocenters. The van der Waals surface area contributed by atoms with E-state index in [1.807, 2.05) is 25.7 Å². The summed E-state index contributed by atoms with van der Waals surface area (Å²) in [5.74, 6) is 3.24. The van der Waals surface area contributed by atoms with Gasteiger partial charge in [0.1, 0.15) is 0 Å². The summed E-state index contributed by atoms with van der Waals surface area (Å²) in [6.07, 6.45) is 1.28. The molecule has 1 aromatic rings. The van der Waals surface area contributed by atoms with Gasteiger partial charge in [0, 0.05) is 18.7 Å². The van der Waals surface area contributed by atoms with Crippen molar-refractivity contribution in [2.75, 3.05) is 32.9 Å². The molecule has 1 saturated heterocycles. The van der Waals surface area contributed by atoms with Gasteiger partial charge in [-0.05, 0) is 51.2 Å². The van der Waals surface area contributed by atoms with Gasteiger partial charge in [-0.1, -0.05) is 0 Å². The second-order valence-corrected chi connectivity index (χ2v) is 6.07. The zero-order valence-electron chi connectivity index (χ0n) is 14.1. The second-order valence-electron chi connectivity index (χ2n) is 6.07. The molecule has 1 aliphatic carbocycles. The predicted octanol–water partition coefficient (Wildman–Crippen LogP) is 2.97. The number of carbonyl (C=O) groups is 1. The SMILES string of the molecule is CCOc1cc(C(=O)N2CC3CC3C2)cc(OCC)c1OCC. The highest BCUT2D eigenvalue weighted by Gasteiger charge is 2.46. The summed E-state index contributed by atoms with van der Waals surface area (Å²) in [7, 11) is 0. The number of carbonyl (C=O) groups excluding carboxylic acids is 1.